The zero-order valence-electron chi connectivity index (χ0n) is 11.2. The van der Waals surface area contributed by atoms with Crippen molar-refractivity contribution in [1.29, 1.82) is 0 Å². The first-order valence-corrected chi connectivity index (χ1v) is 7.69. The molecule has 1 aromatic rings. The van der Waals surface area contributed by atoms with Gasteiger partial charge in [0.25, 0.3) is 0 Å². The lowest BCUT2D eigenvalue weighted by molar-refractivity contribution is 0.305. The largest absolute Gasteiger partial charge is 0.395 e. The lowest BCUT2D eigenvalue weighted by Gasteiger charge is -2.08. The van der Waals surface area contributed by atoms with E-state index in [1.54, 1.807) is 25.1 Å². The summed E-state index contributed by atoms with van der Waals surface area (Å²) in [6.07, 6.45) is 1.12. The average Bonchev–Trinajstić information content (AvgIpc) is 2.38. The first-order valence-electron chi connectivity index (χ1n) is 6.21. The van der Waals surface area contributed by atoms with Crippen LogP contribution in [0, 0.1) is 18.8 Å². The minimum absolute atomic E-state index is 0.00206. The lowest BCUT2D eigenvalue weighted by Crippen LogP contribution is -2.25. The molecule has 0 amide bonds. The summed E-state index contributed by atoms with van der Waals surface area (Å²) in [4.78, 5) is 0.261. The van der Waals surface area contributed by atoms with Gasteiger partial charge in [0.2, 0.25) is 10.0 Å². The average molecular weight is 281 g/mol. The zero-order valence-corrected chi connectivity index (χ0v) is 12.0. The molecule has 0 fully saturated rings. The summed E-state index contributed by atoms with van der Waals surface area (Å²) < 4.78 is 26.7. The number of benzene rings is 1. The molecule has 2 N–H and O–H groups in total. The summed E-state index contributed by atoms with van der Waals surface area (Å²) in [5.41, 5.74) is 1.33. The van der Waals surface area contributed by atoms with Crippen molar-refractivity contribution in [3.63, 3.8) is 0 Å². The molecule has 0 atom stereocenters. The maximum absolute atomic E-state index is 12.1. The molecule has 1 rings (SSSR count). The minimum atomic E-state index is -3.47. The van der Waals surface area contributed by atoms with Gasteiger partial charge in [-0.25, -0.2) is 13.1 Å². The van der Waals surface area contributed by atoms with Crippen LogP contribution in [0.2, 0.25) is 0 Å². The van der Waals surface area contributed by atoms with E-state index in [1.807, 2.05) is 6.92 Å². The van der Waals surface area contributed by atoms with Crippen molar-refractivity contribution in [2.75, 3.05) is 13.2 Å². The van der Waals surface area contributed by atoms with Crippen LogP contribution in [-0.2, 0) is 10.0 Å². The SMILES string of the molecule is CCCNS(=O)(=O)c1cc(C#CCCO)ccc1C. The molecular formula is C14H19NO3S. The number of aryl methyl sites for hydroxylation is 1. The second-order valence-corrected chi connectivity index (χ2v) is 5.89. The van der Waals surface area contributed by atoms with E-state index in [2.05, 4.69) is 16.6 Å². The number of aliphatic hydroxyl groups is 1. The molecule has 0 saturated heterocycles. The molecule has 104 valence electrons. The van der Waals surface area contributed by atoms with Crippen molar-refractivity contribution < 1.29 is 13.5 Å². The number of aliphatic hydroxyl groups excluding tert-OH is 1. The highest BCUT2D eigenvalue weighted by molar-refractivity contribution is 7.89. The predicted molar refractivity (Wildman–Crippen MR) is 75.2 cm³/mol. The van der Waals surface area contributed by atoms with Gasteiger partial charge in [-0.2, -0.15) is 0 Å². The molecule has 4 nitrogen and oxygen atoms in total. The monoisotopic (exact) mass is 281 g/mol. The Balaban J connectivity index is 3.08. The summed E-state index contributed by atoms with van der Waals surface area (Å²) in [6, 6.07) is 5.08. The standard InChI is InChI=1S/C14H19NO3S/c1-3-9-15-19(17,18)14-11-13(6-4-5-10-16)8-7-12(14)2/h7-8,11,15-16H,3,5,9-10H2,1-2H3. The summed E-state index contributed by atoms with van der Waals surface area (Å²) in [7, 11) is -3.47. The molecule has 0 bridgehead atoms. The normalized spacial score (nSPS) is 10.9. The number of rotatable bonds is 5. The van der Waals surface area contributed by atoms with Gasteiger partial charge in [0.15, 0.2) is 0 Å². The van der Waals surface area contributed by atoms with Gasteiger partial charge >= 0.3 is 0 Å². The Labute approximate surface area is 114 Å². The Bertz CT molecular complexity index is 582. The van der Waals surface area contributed by atoms with Crippen molar-refractivity contribution in [2.24, 2.45) is 0 Å². The van der Waals surface area contributed by atoms with Gasteiger partial charge < -0.3 is 5.11 Å². The summed E-state index contributed by atoms with van der Waals surface area (Å²) in [6.45, 7) is 4.09. The third kappa shape index (κ3) is 4.67. The fourth-order valence-electron chi connectivity index (χ4n) is 1.50. The second-order valence-electron chi connectivity index (χ2n) is 4.15. The molecule has 0 aromatic heterocycles. The topological polar surface area (TPSA) is 66.4 Å². The molecule has 0 aliphatic heterocycles. The van der Waals surface area contributed by atoms with Gasteiger partial charge in [0, 0.05) is 18.5 Å². The van der Waals surface area contributed by atoms with Crippen LogP contribution in [0.4, 0.5) is 0 Å². The number of nitrogens with one attached hydrogen (secondary N) is 1. The van der Waals surface area contributed by atoms with Crippen molar-refractivity contribution in [3.05, 3.63) is 29.3 Å². The van der Waals surface area contributed by atoms with Gasteiger partial charge in [0.05, 0.1) is 11.5 Å². The van der Waals surface area contributed by atoms with Crippen molar-refractivity contribution in [2.45, 2.75) is 31.6 Å². The molecule has 0 radical (unpaired) electrons. The quantitative estimate of drug-likeness (QED) is 0.802. The molecule has 5 heteroatoms. The van der Waals surface area contributed by atoms with E-state index in [0.717, 1.165) is 6.42 Å². The summed E-state index contributed by atoms with van der Waals surface area (Å²) >= 11 is 0. The Hall–Kier alpha value is -1.35. The molecule has 0 aliphatic carbocycles. The van der Waals surface area contributed by atoms with Crippen LogP contribution in [-0.4, -0.2) is 26.7 Å². The Morgan fingerprint density at radius 2 is 2.11 bits per heavy atom. The summed E-state index contributed by atoms with van der Waals surface area (Å²) in [5.74, 6) is 5.62. The molecule has 19 heavy (non-hydrogen) atoms. The van der Waals surface area contributed by atoms with Crippen LogP contribution in [0.1, 0.15) is 30.9 Å². The first-order chi connectivity index (χ1) is 9.01. The maximum Gasteiger partial charge on any atom is 0.240 e. The van der Waals surface area contributed by atoms with Gasteiger partial charge in [0.1, 0.15) is 0 Å². The van der Waals surface area contributed by atoms with Crippen LogP contribution >= 0.6 is 0 Å². The zero-order chi connectivity index (χ0) is 14.3. The van der Waals surface area contributed by atoms with Crippen LogP contribution in [0.15, 0.2) is 23.1 Å². The van der Waals surface area contributed by atoms with Crippen LogP contribution in [0.5, 0.6) is 0 Å². The van der Waals surface area contributed by atoms with E-state index in [-0.39, 0.29) is 11.5 Å². The lowest BCUT2D eigenvalue weighted by atomic mass is 10.1. The number of hydrogen-bond donors (Lipinski definition) is 2. The van der Waals surface area contributed by atoms with E-state index in [1.165, 1.54) is 0 Å². The van der Waals surface area contributed by atoms with Gasteiger partial charge in [-0.1, -0.05) is 24.8 Å². The molecular weight excluding hydrogens is 262 g/mol. The third-order valence-electron chi connectivity index (χ3n) is 2.49. The smallest absolute Gasteiger partial charge is 0.240 e. The van der Waals surface area contributed by atoms with Gasteiger partial charge in [-0.3, -0.25) is 0 Å². The maximum atomic E-state index is 12.1. The van der Waals surface area contributed by atoms with Crippen LogP contribution in [0.25, 0.3) is 0 Å². The number of sulfonamides is 1. The molecule has 0 saturated carbocycles. The Morgan fingerprint density at radius 1 is 1.37 bits per heavy atom. The predicted octanol–water partition coefficient (Wildman–Crippen LogP) is 1.42. The van der Waals surface area contributed by atoms with E-state index < -0.39 is 10.0 Å². The highest BCUT2D eigenvalue weighted by atomic mass is 32.2. The molecule has 0 spiro atoms. The van der Waals surface area contributed by atoms with Crippen molar-refractivity contribution >= 4 is 10.0 Å². The van der Waals surface area contributed by atoms with E-state index in [0.29, 0.717) is 24.1 Å². The van der Waals surface area contributed by atoms with Crippen molar-refractivity contribution in [3.8, 4) is 11.8 Å². The fraction of sp³-hybridized carbons (Fsp3) is 0.429. The Morgan fingerprint density at radius 3 is 2.74 bits per heavy atom. The molecule has 1 aromatic carbocycles. The van der Waals surface area contributed by atoms with Crippen LogP contribution in [0.3, 0.4) is 0 Å². The molecule has 0 heterocycles. The second kappa shape index (κ2) is 7.29. The molecule has 0 aliphatic rings. The first kappa shape index (κ1) is 15.7. The summed E-state index contributed by atoms with van der Waals surface area (Å²) in [5, 5.41) is 8.66. The third-order valence-corrected chi connectivity index (χ3v) is 4.09. The number of hydrogen-bond acceptors (Lipinski definition) is 3. The fourth-order valence-corrected chi connectivity index (χ4v) is 2.90. The van der Waals surface area contributed by atoms with E-state index in [9.17, 15) is 8.42 Å². The minimum Gasteiger partial charge on any atom is -0.395 e. The van der Waals surface area contributed by atoms with E-state index in [4.69, 9.17) is 5.11 Å². The highest BCUT2D eigenvalue weighted by Crippen LogP contribution is 2.16. The highest BCUT2D eigenvalue weighted by Gasteiger charge is 2.16. The van der Waals surface area contributed by atoms with Gasteiger partial charge in [-0.05, 0) is 31.0 Å². The molecule has 0 unspecified atom stereocenters. The Kier molecular flexibility index (Phi) is 6.03. The van der Waals surface area contributed by atoms with E-state index >= 15 is 0 Å². The van der Waals surface area contributed by atoms with Crippen LogP contribution < -0.4 is 4.72 Å². The van der Waals surface area contributed by atoms with Gasteiger partial charge in [-0.15, -0.1) is 0 Å². The van der Waals surface area contributed by atoms with Crippen molar-refractivity contribution in [1.82, 2.24) is 4.72 Å².